The van der Waals surface area contributed by atoms with Crippen LogP contribution in [0.25, 0.3) is 0 Å². The van der Waals surface area contributed by atoms with Crippen molar-refractivity contribution >= 4 is 35.2 Å². The number of benzene rings is 5. The first-order valence-corrected chi connectivity index (χ1v) is 11.3. The van der Waals surface area contributed by atoms with Crippen molar-refractivity contribution < 1.29 is 4.79 Å². The number of hydrogen-bond acceptors (Lipinski definition) is 4. The van der Waals surface area contributed by atoms with E-state index < -0.39 is 0 Å². The third-order valence-electron chi connectivity index (χ3n) is 4.94. The molecule has 0 fully saturated rings. The molecule has 0 amide bonds. The molecule has 4 heteroatoms. The Labute approximate surface area is 207 Å². The molecular weight excluding hydrogens is 430 g/mol. The van der Waals surface area contributed by atoms with Crippen LogP contribution in [0.15, 0.2) is 152 Å². The second kappa shape index (κ2) is 14.3. The summed E-state index contributed by atoms with van der Waals surface area (Å²) in [4.78, 5) is 10.2. The molecule has 5 rings (SSSR count). The first kappa shape index (κ1) is 24.8. The van der Waals surface area contributed by atoms with Gasteiger partial charge < -0.3 is 20.5 Å². The maximum atomic E-state index is 8.00. The first-order valence-electron chi connectivity index (χ1n) is 11.3. The van der Waals surface area contributed by atoms with E-state index in [-0.39, 0.29) is 0 Å². The lowest BCUT2D eigenvalue weighted by molar-refractivity contribution is -0.0979. The summed E-state index contributed by atoms with van der Waals surface area (Å²) in [5.41, 5.74) is 11.8. The number of carbonyl (C=O) groups excluding carboxylic acids is 1. The molecule has 0 atom stereocenters. The third-order valence-corrected chi connectivity index (χ3v) is 4.94. The minimum absolute atomic E-state index is 1.05. The van der Waals surface area contributed by atoms with Crippen LogP contribution in [0.2, 0.25) is 0 Å². The van der Waals surface area contributed by atoms with Crippen molar-refractivity contribution in [3.05, 3.63) is 152 Å². The third kappa shape index (κ3) is 7.91. The van der Waals surface area contributed by atoms with Crippen LogP contribution in [0.3, 0.4) is 0 Å². The molecule has 0 aromatic heterocycles. The van der Waals surface area contributed by atoms with E-state index in [4.69, 9.17) is 4.79 Å². The smallest absolute Gasteiger partial charge is 0.106 e. The molecule has 0 aliphatic carbocycles. The Morgan fingerprint density at radius 3 is 0.857 bits per heavy atom. The van der Waals surface area contributed by atoms with Gasteiger partial charge in [0.2, 0.25) is 0 Å². The Balaban J connectivity index is 0.000000190. The maximum Gasteiger partial charge on any atom is 0.106 e. The number of anilines is 5. The minimum Gasteiger partial charge on any atom is -0.311 e. The van der Waals surface area contributed by atoms with Gasteiger partial charge in [0.05, 0.1) is 11.4 Å². The van der Waals surface area contributed by atoms with E-state index in [1.165, 1.54) is 17.1 Å². The fourth-order valence-corrected chi connectivity index (χ4v) is 3.37. The molecule has 0 saturated carbocycles. The van der Waals surface area contributed by atoms with Crippen LogP contribution >= 0.6 is 0 Å². The van der Waals surface area contributed by atoms with Gasteiger partial charge in [0.1, 0.15) is 6.79 Å². The Bertz CT molecular complexity index is 1070. The van der Waals surface area contributed by atoms with Crippen LogP contribution in [0.5, 0.6) is 0 Å². The Morgan fingerprint density at radius 2 is 0.600 bits per heavy atom. The highest BCUT2D eigenvalue weighted by atomic mass is 16.1. The molecule has 35 heavy (non-hydrogen) atoms. The normalized spacial score (nSPS) is 9.37. The van der Waals surface area contributed by atoms with Crippen LogP contribution in [0.4, 0.5) is 28.4 Å². The fourth-order valence-electron chi connectivity index (χ4n) is 3.37. The molecule has 0 saturated heterocycles. The summed E-state index contributed by atoms with van der Waals surface area (Å²) in [6.45, 7) is 2.00. The molecule has 0 bridgehead atoms. The molecule has 0 spiro atoms. The van der Waals surface area contributed by atoms with Crippen LogP contribution in [0.1, 0.15) is 0 Å². The summed E-state index contributed by atoms with van der Waals surface area (Å²) in [6.07, 6.45) is 0. The molecule has 0 radical (unpaired) electrons. The van der Waals surface area contributed by atoms with Crippen LogP contribution in [0, 0.1) is 0 Å². The molecule has 4 nitrogen and oxygen atoms in total. The number of carbonyl (C=O) groups is 1. The Hall–Kier alpha value is -4.83. The highest BCUT2D eigenvalue weighted by molar-refractivity contribution is 5.76. The number of rotatable bonds is 6. The topological polar surface area (TPSA) is 44.4 Å². The second-order valence-electron chi connectivity index (χ2n) is 7.32. The van der Waals surface area contributed by atoms with E-state index in [1.807, 2.05) is 85.7 Å². The van der Waals surface area contributed by atoms with E-state index >= 15 is 0 Å². The van der Waals surface area contributed by atoms with E-state index in [2.05, 4.69) is 88.5 Å². The number of nitrogens with zero attached hydrogens (tertiary/aromatic N) is 1. The van der Waals surface area contributed by atoms with Crippen LogP contribution in [-0.2, 0) is 4.79 Å². The van der Waals surface area contributed by atoms with Crippen molar-refractivity contribution in [2.24, 2.45) is 0 Å². The summed E-state index contributed by atoms with van der Waals surface area (Å²) >= 11 is 0. The lowest BCUT2D eigenvalue weighted by atomic mass is 10.2. The predicted molar refractivity (Wildman–Crippen MR) is 148 cm³/mol. The molecule has 0 heterocycles. The Kier molecular flexibility index (Phi) is 10.2. The first-order chi connectivity index (χ1) is 17.4. The molecular formula is C31H29N3O. The van der Waals surface area contributed by atoms with Gasteiger partial charge in [-0.3, -0.25) is 0 Å². The second-order valence-corrected chi connectivity index (χ2v) is 7.32. The summed E-state index contributed by atoms with van der Waals surface area (Å²) in [7, 11) is 0. The zero-order valence-corrected chi connectivity index (χ0v) is 19.5. The SMILES string of the molecule is C=O.c1ccc(N(c2ccccc2)c2ccccc2)cc1.c1ccc(NNc2ccccc2)cc1. The zero-order chi connectivity index (χ0) is 24.6. The van der Waals surface area contributed by atoms with E-state index in [0.29, 0.717) is 0 Å². The van der Waals surface area contributed by atoms with E-state index in [1.54, 1.807) is 0 Å². The molecule has 0 aliphatic heterocycles. The van der Waals surface area contributed by atoms with E-state index in [0.717, 1.165) is 11.4 Å². The number of hydrazine groups is 1. The number of nitrogens with one attached hydrogen (secondary N) is 2. The molecule has 0 aliphatic rings. The van der Waals surface area contributed by atoms with Crippen molar-refractivity contribution in [2.45, 2.75) is 0 Å². The van der Waals surface area contributed by atoms with Crippen molar-refractivity contribution in [2.75, 3.05) is 15.8 Å². The van der Waals surface area contributed by atoms with Crippen LogP contribution < -0.4 is 15.8 Å². The summed E-state index contributed by atoms with van der Waals surface area (Å²) in [5, 5.41) is 0. The van der Waals surface area contributed by atoms with Gasteiger partial charge in [-0.15, -0.1) is 0 Å². The van der Waals surface area contributed by atoms with Crippen molar-refractivity contribution in [3.8, 4) is 0 Å². The van der Waals surface area contributed by atoms with E-state index in [9.17, 15) is 0 Å². The van der Waals surface area contributed by atoms with Gasteiger partial charge in [-0.05, 0) is 60.7 Å². The molecule has 5 aromatic carbocycles. The molecule has 174 valence electrons. The highest BCUT2D eigenvalue weighted by Gasteiger charge is 2.10. The predicted octanol–water partition coefficient (Wildman–Crippen LogP) is 8.10. The van der Waals surface area contributed by atoms with Gasteiger partial charge in [0, 0.05) is 17.1 Å². The monoisotopic (exact) mass is 459 g/mol. The van der Waals surface area contributed by atoms with Gasteiger partial charge in [0.25, 0.3) is 0 Å². The average Bonchev–Trinajstić information content (AvgIpc) is 2.96. The van der Waals surface area contributed by atoms with Gasteiger partial charge in [0.15, 0.2) is 0 Å². The molecule has 5 aromatic rings. The average molecular weight is 460 g/mol. The summed E-state index contributed by atoms with van der Waals surface area (Å²) in [5.74, 6) is 0. The van der Waals surface area contributed by atoms with Crippen LogP contribution in [-0.4, -0.2) is 6.79 Å². The maximum absolute atomic E-state index is 8.00. The van der Waals surface area contributed by atoms with Gasteiger partial charge in [-0.2, -0.15) is 0 Å². The highest BCUT2D eigenvalue weighted by Crippen LogP contribution is 2.33. The van der Waals surface area contributed by atoms with Crippen molar-refractivity contribution in [1.29, 1.82) is 0 Å². The quantitative estimate of drug-likeness (QED) is 0.252. The van der Waals surface area contributed by atoms with Crippen molar-refractivity contribution in [1.82, 2.24) is 0 Å². The molecule has 0 unspecified atom stereocenters. The van der Waals surface area contributed by atoms with Crippen molar-refractivity contribution in [3.63, 3.8) is 0 Å². The fraction of sp³-hybridized carbons (Fsp3) is 0. The number of para-hydroxylation sites is 5. The number of hydrogen-bond donors (Lipinski definition) is 2. The zero-order valence-electron chi connectivity index (χ0n) is 19.5. The summed E-state index contributed by atoms with van der Waals surface area (Å²) in [6, 6.07) is 51.3. The van der Waals surface area contributed by atoms with Gasteiger partial charge in [-0.25, -0.2) is 0 Å². The summed E-state index contributed by atoms with van der Waals surface area (Å²) < 4.78 is 0. The van der Waals surface area contributed by atoms with Gasteiger partial charge in [-0.1, -0.05) is 91.0 Å². The minimum atomic E-state index is 1.05. The lowest BCUT2D eigenvalue weighted by Crippen LogP contribution is -2.09. The molecule has 2 N–H and O–H groups in total. The van der Waals surface area contributed by atoms with Gasteiger partial charge >= 0.3 is 0 Å². The standard InChI is InChI=1S/C18H15N.C12H12N2.CH2O/c1-4-10-16(11-5-1)19(17-12-6-2-7-13-17)18-14-8-3-9-15-18;1-3-7-11(8-4-1)13-14-12-9-5-2-6-10-12;1-2/h1-15H;1-10,13-14H;1H2. The Morgan fingerprint density at radius 1 is 0.371 bits per heavy atom. The lowest BCUT2D eigenvalue weighted by Gasteiger charge is -2.25. The largest absolute Gasteiger partial charge is 0.311 e.